The largest absolute Gasteiger partial charge is 0.497 e. The Morgan fingerprint density at radius 1 is 1.15 bits per heavy atom. The van der Waals surface area contributed by atoms with Crippen molar-refractivity contribution in [3.8, 4) is 11.6 Å². The van der Waals surface area contributed by atoms with E-state index < -0.39 is 68.2 Å². The molecule has 2 saturated carbocycles. The maximum Gasteiger partial charge on any atom is 0.405 e. The van der Waals surface area contributed by atoms with Crippen LogP contribution in [0.4, 0.5) is 4.79 Å². The number of carboxylic acid groups (broad SMARTS) is 1. The van der Waals surface area contributed by atoms with E-state index in [1.165, 1.54) is 4.90 Å². The summed E-state index contributed by atoms with van der Waals surface area (Å²) in [7, 11) is -2.46. The lowest BCUT2D eigenvalue weighted by Crippen LogP contribution is -2.59. The standard InChI is InChI=1S/C38H52N6O9S/c1-7-23-16-22(4)10-8-9-11-24-19-38(24,35(47)43-54(50,51)37(5)14-15-37)42-32(45)29-18-26(20-44(29)34(46)31(23)41-36(48)49)53-33-30(21(2)3)39-27-13-12-25(52-6)17-28(27)40-33/h9,11-13,17,21-24,26,29,31,41H,7-8,10,14-16,18-20H2,1-6H3,(H,42,45)(H,43,47)(H,48,49)/b11-9-/t22-,23-,24-,26-,29+,31+,38-/m1/s1. The molecule has 54 heavy (non-hydrogen) atoms. The van der Waals surface area contributed by atoms with E-state index in [1.807, 2.05) is 32.9 Å². The van der Waals surface area contributed by atoms with Crippen LogP contribution in [0.15, 0.2) is 30.4 Å². The lowest BCUT2D eigenvalue weighted by Gasteiger charge is -2.33. The summed E-state index contributed by atoms with van der Waals surface area (Å²) in [4.78, 5) is 66.0. The zero-order valence-electron chi connectivity index (χ0n) is 31.8. The van der Waals surface area contributed by atoms with Crippen LogP contribution < -0.4 is 24.8 Å². The first-order valence-corrected chi connectivity index (χ1v) is 20.4. The zero-order valence-corrected chi connectivity index (χ0v) is 32.6. The SMILES string of the molecule is CC[C@@H]1C[C@H](C)CC/C=C\[C@@H]2C[C@@]2(C(=O)NS(=O)(=O)C2(C)CC2)NC(=O)[C@@H]2C[C@@H](Oc3nc4cc(OC)ccc4nc3C(C)C)CN2C(=O)[C@H]1NC(=O)O. The van der Waals surface area contributed by atoms with Gasteiger partial charge in [-0.3, -0.25) is 19.1 Å². The third kappa shape index (κ3) is 7.85. The Morgan fingerprint density at radius 3 is 2.54 bits per heavy atom. The van der Waals surface area contributed by atoms with E-state index in [0.717, 1.165) is 6.42 Å². The molecule has 0 spiro atoms. The Bertz CT molecular complexity index is 1950. The number of fused-ring (bicyclic) bond motifs is 3. The van der Waals surface area contributed by atoms with Gasteiger partial charge in [0, 0.05) is 24.3 Å². The van der Waals surface area contributed by atoms with Crippen molar-refractivity contribution < 1.29 is 42.2 Å². The molecule has 2 aliphatic carbocycles. The second-order valence-electron chi connectivity index (χ2n) is 16.0. The van der Waals surface area contributed by atoms with Crippen molar-refractivity contribution >= 4 is 44.9 Å². The van der Waals surface area contributed by atoms with Crippen LogP contribution in [0.3, 0.4) is 0 Å². The van der Waals surface area contributed by atoms with Gasteiger partial charge in [0.15, 0.2) is 0 Å². The quantitative estimate of drug-likeness (QED) is 0.268. The Hall–Kier alpha value is -4.47. The van der Waals surface area contributed by atoms with Crippen molar-refractivity contribution in [1.29, 1.82) is 0 Å². The second-order valence-corrected chi connectivity index (χ2v) is 18.2. The van der Waals surface area contributed by atoms with Gasteiger partial charge in [0.1, 0.15) is 35.2 Å². The lowest BCUT2D eigenvalue weighted by molar-refractivity contribution is -0.142. The molecule has 294 valence electrons. The van der Waals surface area contributed by atoms with E-state index in [4.69, 9.17) is 19.4 Å². The molecular weight excluding hydrogens is 717 g/mol. The number of rotatable bonds is 9. The third-order valence-electron chi connectivity index (χ3n) is 11.6. The molecule has 7 atom stereocenters. The molecule has 0 bridgehead atoms. The Labute approximate surface area is 316 Å². The van der Waals surface area contributed by atoms with Crippen LogP contribution in [0, 0.1) is 17.8 Å². The number of carbonyl (C=O) groups excluding carboxylic acids is 3. The number of hydrogen-bond donors (Lipinski definition) is 4. The number of amides is 4. The molecular formula is C38H52N6O9S. The highest BCUT2D eigenvalue weighted by molar-refractivity contribution is 7.91. The highest BCUT2D eigenvalue weighted by Crippen LogP contribution is 2.47. The van der Waals surface area contributed by atoms with Crippen LogP contribution in [0.5, 0.6) is 11.6 Å². The van der Waals surface area contributed by atoms with E-state index in [2.05, 4.69) is 22.3 Å². The number of allylic oxidation sites excluding steroid dienone is 1. The number of benzene rings is 1. The van der Waals surface area contributed by atoms with E-state index in [9.17, 15) is 32.7 Å². The number of methoxy groups -OCH3 is 1. The molecule has 6 rings (SSSR count). The van der Waals surface area contributed by atoms with Crippen LogP contribution in [-0.2, 0) is 24.4 Å². The molecule has 15 nitrogen and oxygen atoms in total. The van der Waals surface area contributed by atoms with Crippen molar-refractivity contribution in [3.63, 3.8) is 0 Å². The predicted octanol–water partition coefficient (Wildman–Crippen LogP) is 4.02. The van der Waals surface area contributed by atoms with Crippen LogP contribution in [-0.4, -0.2) is 94.3 Å². The monoisotopic (exact) mass is 768 g/mol. The minimum atomic E-state index is -4.01. The first kappa shape index (κ1) is 39.2. The predicted molar refractivity (Wildman–Crippen MR) is 199 cm³/mol. The highest BCUT2D eigenvalue weighted by atomic mass is 32.2. The number of aromatic nitrogens is 2. The van der Waals surface area contributed by atoms with E-state index in [1.54, 1.807) is 32.2 Å². The van der Waals surface area contributed by atoms with Crippen LogP contribution in [0.25, 0.3) is 11.0 Å². The maximum atomic E-state index is 14.6. The first-order valence-electron chi connectivity index (χ1n) is 18.9. The Kier molecular flexibility index (Phi) is 10.9. The summed E-state index contributed by atoms with van der Waals surface area (Å²) in [6, 6.07) is 2.99. The fourth-order valence-corrected chi connectivity index (χ4v) is 9.04. The van der Waals surface area contributed by atoms with Gasteiger partial charge < -0.3 is 30.1 Å². The van der Waals surface area contributed by atoms with Gasteiger partial charge in [0.05, 0.1) is 29.4 Å². The average Bonchev–Trinajstić information content (AvgIpc) is 4.00. The van der Waals surface area contributed by atoms with E-state index in [-0.39, 0.29) is 43.0 Å². The average molecular weight is 769 g/mol. The molecule has 3 fully saturated rings. The molecule has 1 aromatic carbocycles. The fraction of sp³-hybridized carbons (Fsp3) is 0.632. The van der Waals surface area contributed by atoms with Gasteiger partial charge in [-0.05, 0) is 69.4 Å². The summed E-state index contributed by atoms with van der Waals surface area (Å²) >= 11 is 0. The third-order valence-corrected chi connectivity index (χ3v) is 13.7. The van der Waals surface area contributed by atoms with Gasteiger partial charge in [0.25, 0.3) is 5.91 Å². The lowest BCUT2D eigenvalue weighted by atomic mass is 9.85. The van der Waals surface area contributed by atoms with Gasteiger partial charge >= 0.3 is 6.09 Å². The molecule has 16 heteroatoms. The summed E-state index contributed by atoms with van der Waals surface area (Å²) in [5.41, 5.74) is 0.185. The molecule has 4 aliphatic rings. The van der Waals surface area contributed by atoms with Gasteiger partial charge in [-0.2, -0.15) is 0 Å². The molecule has 1 saturated heterocycles. The Morgan fingerprint density at radius 2 is 1.89 bits per heavy atom. The van der Waals surface area contributed by atoms with Crippen molar-refractivity contribution in [1.82, 2.24) is 30.2 Å². The second kappa shape index (κ2) is 15.0. The molecule has 1 aromatic heterocycles. The molecule has 3 heterocycles. The van der Waals surface area contributed by atoms with E-state index >= 15 is 0 Å². The van der Waals surface area contributed by atoms with Crippen molar-refractivity contribution in [2.24, 2.45) is 17.8 Å². The summed E-state index contributed by atoms with van der Waals surface area (Å²) in [5, 5.41) is 15.2. The van der Waals surface area contributed by atoms with Crippen molar-refractivity contribution in [2.45, 2.75) is 120 Å². The summed E-state index contributed by atoms with van der Waals surface area (Å²) < 4.78 is 39.4. The number of ether oxygens (including phenoxy) is 2. The van der Waals surface area contributed by atoms with Gasteiger partial charge in [0.2, 0.25) is 27.7 Å². The van der Waals surface area contributed by atoms with Gasteiger partial charge in [-0.1, -0.05) is 46.3 Å². The first-order chi connectivity index (χ1) is 25.5. The summed E-state index contributed by atoms with van der Waals surface area (Å²) in [6.07, 6.45) is 5.15. The van der Waals surface area contributed by atoms with Crippen LogP contribution >= 0.6 is 0 Å². The molecule has 2 aromatic rings. The van der Waals surface area contributed by atoms with Crippen molar-refractivity contribution in [2.75, 3.05) is 13.7 Å². The minimum Gasteiger partial charge on any atom is -0.497 e. The molecule has 0 radical (unpaired) electrons. The van der Waals surface area contributed by atoms with Crippen LogP contribution in [0.2, 0.25) is 0 Å². The van der Waals surface area contributed by atoms with E-state index in [0.29, 0.717) is 54.6 Å². The van der Waals surface area contributed by atoms with Gasteiger partial charge in [-0.25, -0.2) is 23.2 Å². The number of sulfonamides is 1. The Balaban J connectivity index is 1.37. The fourth-order valence-electron chi connectivity index (χ4n) is 7.73. The minimum absolute atomic E-state index is 0.00546. The summed E-state index contributed by atoms with van der Waals surface area (Å²) in [6.45, 7) is 9.35. The zero-order chi connectivity index (χ0) is 39.2. The molecule has 0 unspecified atom stereocenters. The highest BCUT2D eigenvalue weighted by Gasteiger charge is 2.63. The van der Waals surface area contributed by atoms with Crippen LogP contribution in [0.1, 0.15) is 97.6 Å². The smallest absolute Gasteiger partial charge is 0.405 e. The number of nitrogens with one attached hydrogen (secondary N) is 3. The topological polar surface area (TPSA) is 206 Å². The van der Waals surface area contributed by atoms with Crippen molar-refractivity contribution in [3.05, 3.63) is 36.0 Å². The van der Waals surface area contributed by atoms with Gasteiger partial charge in [-0.15, -0.1) is 0 Å². The maximum absolute atomic E-state index is 14.6. The molecule has 4 amide bonds. The number of hydrogen-bond acceptors (Lipinski definition) is 10. The number of nitrogens with zero attached hydrogens (tertiary/aromatic N) is 3. The normalized spacial score (nSPS) is 30.2. The molecule has 4 N–H and O–H groups in total. The number of carbonyl (C=O) groups is 4. The summed E-state index contributed by atoms with van der Waals surface area (Å²) in [5.74, 6) is -2.06. The molecule has 2 aliphatic heterocycles.